The summed E-state index contributed by atoms with van der Waals surface area (Å²) >= 11 is 1.88. The first-order valence-corrected chi connectivity index (χ1v) is 6.28. The van der Waals surface area contributed by atoms with E-state index >= 15 is 0 Å². The molecule has 2 fully saturated rings. The fourth-order valence-electron chi connectivity index (χ4n) is 1.66. The van der Waals surface area contributed by atoms with Crippen LogP contribution in [0.5, 0.6) is 0 Å². The van der Waals surface area contributed by atoms with Gasteiger partial charge in [0.1, 0.15) is 0 Å². The molecule has 3 nitrogen and oxygen atoms in total. The molecule has 0 bridgehead atoms. The van der Waals surface area contributed by atoms with E-state index < -0.39 is 12.3 Å². The van der Waals surface area contributed by atoms with Gasteiger partial charge in [-0.25, -0.2) is 13.8 Å². The number of nitrogens with zero attached hydrogens (tertiary/aromatic N) is 2. The Labute approximate surface area is 92.1 Å². The Morgan fingerprint density at radius 3 is 2.60 bits per heavy atom. The number of hydrogen-bond acceptors (Lipinski definition) is 2. The summed E-state index contributed by atoms with van der Waals surface area (Å²) in [6, 6.07) is -0.237. The first-order chi connectivity index (χ1) is 7.18. The lowest BCUT2D eigenvalue weighted by molar-refractivity contribution is 0.121. The summed E-state index contributed by atoms with van der Waals surface area (Å²) in [5.74, 6) is 1.98. The molecule has 2 rings (SSSR count). The molecule has 1 aliphatic heterocycles. The van der Waals surface area contributed by atoms with Gasteiger partial charge in [-0.05, 0) is 6.42 Å². The average molecular weight is 235 g/mol. The summed E-state index contributed by atoms with van der Waals surface area (Å²) in [4.78, 5) is 6.13. The normalized spacial score (nSPS) is 32.2. The number of guanidine groups is 1. The molecule has 2 aliphatic rings. The van der Waals surface area contributed by atoms with Gasteiger partial charge in [-0.1, -0.05) is 0 Å². The van der Waals surface area contributed by atoms with Crippen LogP contribution in [-0.4, -0.2) is 47.9 Å². The summed E-state index contributed by atoms with van der Waals surface area (Å²) in [7, 11) is 0. The van der Waals surface area contributed by atoms with Gasteiger partial charge < -0.3 is 10.6 Å². The van der Waals surface area contributed by atoms with Crippen molar-refractivity contribution in [3.05, 3.63) is 0 Å². The second-order valence-corrected chi connectivity index (χ2v) is 5.11. The van der Waals surface area contributed by atoms with Gasteiger partial charge in [-0.15, -0.1) is 0 Å². The number of nitrogens with two attached hydrogens (primary N) is 1. The SMILES string of the molecule is NC(=N[C@H]1C[C@@H]1C(F)F)N1CCSCC1. The van der Waals surface area contributed by atoms with E-state index in [1.54, 1.807) is 0 Å². The van der Waals surface area contributed by atoms with Crippen molar-refractivity contribution in [1.82, 2.24) is 4.90 Å². The first kappa shape index (κ1) is 11.0. The molecule has 0 amide bonds. The van der Waals surface area contributed by atoms with E-state index in [-0.39, 0.29) is 6.04 Å². The number of hydrogen-bond donors (Lipinski definition) is 1. The zero-order chi connectivity index (χ0) is 10.8. The van der Waals surface area contributed by atoms with Gasteiger partial charge >= 0.3 is 0 Å². The highest BCUT2D eigenvalue weighted by atomic mass is 32.2. The van der Waals surface area contributed by atoms with E-state index in [1.165, 1.54) is 0 Å². The standard InChI is InChI=1S/C9H15F2N3S/c10-8(11)6-5-7(6)13-9(12)14-1-3-15-4-2-14/h6-8H,1-5H2,(H2,12,13)/t6-,7-/m0/s1. The summed E-state index contributed by atoms with van der Waals surface area (Å²) in [5.41, 5.74) is 5.77. The Bertz CT molecular complexity index is 254. The van der Waals surface area contributed by atoms with E-state index in [4.69, 9.17) is 5.73 Å². The van der Waals surface area contributed by atoms with Gasteiger partial charge in [0.15, 0.2) is 5.96 Å². The van der Waals surface area contributed by atoms with Gasteiger partial charge in [0.25, 0.3) is 0 Å². The Balaban J connectivity index is 1.85. The van der Waals surface area contributed by atoms with Crippen molar-refractivity contribution >= 4 is 17.7 Å². The Kier molecular flexibility index (Phi) is 3.33. The van der Waals surface area contributed by atoms with Crippen molar-refractivity contribution < 1.29 is 8.78 Å². The Morgan fingerprint density at radius 2 is 2.07 bits per heavy atom. The molecule has 15 heavy (non-hydrogen) atoms. The van der Waals surface area contributed by atoms with Gasteiger partial charge in [0.2, 0.25) is 6.43 Å². The third kappa shape index (κ3) is 2.74. The molecule has 0 aromatic carbocycles. The van der Waals surface area contributed by atoms with Crippen molar-refractivity contribution in [3.8, 4) is 0 Å². The minimum atomic E-state index is -2.25. The van der Waals surface area contributed by atoms with Crippen LogP contribution in [0.2, 0.25) is 0 Å². The predicted molar refractivity (Wildman–Crippen MR) is 58.4 cm³/mol. The third-order valence-corrected chi connectivity index (χ3v) is 3.70. The van der Waals surface area contributed by atoms with E-state index in [2.05, 4.69) is 4.99 Å². The Morgan fingerprint density at radius 1 is 1.40 bits per heavy atom. The number of aliphatic imine (C=N–C) groups is 1. The molecule has 1 heterocycles. The zero-order valence-electron chi connectivity index (χ0n) is 8.40. The second kappa shape index (κ2) is 4.55. The number of halogens is 2. The fourth-order valence-corrected chi connectivity index (χ4v) is 2.57. The van der Waals surface area contributed by atoms with Crippen LogP contribution >= 0.6 is 11.8 Å². The second-order valence-electron chi connectivity index (χ2n) is 3.89. The maximum absolute atomic E-state index is 12.2. The summed E-state index contributed by atoms with van der Waals surface area (Å²) in [6.45, 7) is 1.76. The minimum absolute atomic E-state index is 0.237. The van der Waals surface area contributed by atoms with E-state index in [0.717, 1.165) is 24.6 Å². The molecule has 0 aromatic rings. The summed E-state index contributed by atoms with van der Waals surface area (Å²) in [5, 5.41) is 0. The third-order valence-electron chi connectivity index (χ3n) is 2.76. The van der Waals surface area contributed by atoms with Crippen molar-refractivity contribution in [3.63, 3.8) is 0 Å². The molecule has 86 valence electrons. The number of thioether (sulfide) groups is 1. The van der Waals surface area contributed by atoms with E-state index in [1.807, 2.05) is 16.7 Å². The maximum atomic E-state index is 12.2. The highest BCUT2D eigenvalue weighted by molar-refractivity contribution is 7.99. The van der Waals surface area contributed by atoms with Crippen LogP contribution in [0.4, 0.5) is 8.78 Å². The van der Waals surface area contributed by atoms with Crippen molar-refractivity contribution in [2.75, 3.05) is 24.6 Å². The van der Waals surface area contributed by atoms with Crippen LogP contribution in [0.1, 0.15) is 6.42 Å². The van der Waals surface area contributed by atoms with Crippen LogP contribution in [-0.2, 0) is 0 Å². The minimum Gasteiger partial charge on any atom is -0.370 e. The number of alkyl halides is 2. The highest BCUT2D eigenvalue weighted by Crippen LogP contribution is 2.39. The average Bonchev–Trinajstić information content (AvgIpc) is 2.98. The molecule has 1 saturated heterocycles. The molecule has 6 heteroatoms. The van der Waals surface area contributed by atoms with Crippen LogP contribution in [0.15, 0.2) is 4.99 Å². The predicted octanol–water partition coefficient (Wildman–Crippen LogP) is 1.00. The summed E-state index contributed by atoms with van der Waals surface area (Å²) in [6.07, 6.45) is -1.76. The smallest absolute Gasteiger partial charge is 0.243 e. The zero-order valence-corrected chi connectivity index (χ0v) is 9.22. The topological polar surface area (TPSA) is 41.6 Å². The summed E-state index contributed by atoms with van der Waals surface area (Å²) < 4.78 is 24.5. The molecule has 0 spiro atoms. The van der Waals surface area contributed by atoms with E-state index in [0.29, 0.717) is 12.4 Å². The maximum Gasteiger partial charge on any atom is 0.243 e. The molecule has 0 radical (unpaired) electrons. The largest absolute Gasteiger partial charge is 0.370 e. The van der Waals surface area contributed by atoms with Gasteiger partial charge in [0, 0.05) is 30.5 Å². The van der Waals surface area contributed by atoms with E-state index in [9.17, 15) is 8.78 Å². The van der Waals surface area contributed by atoms with Crippen LogP contribution < -0.4 is 5.73 Å². The van der Waals surface area contributed by atoms with Crippen LogP contribution in [0.3, 0.4) is 0 Å². The Hall–Kier alpha value is -0.520. The molecule has 0 aromatic heterocycles. The molecule has 0 unspecified atom stereocenters. The van der Waals surface area contributed by atoms with Gasteiger partial charge in [-0.2, -0.15) is 11.8 Å². The molecule has 1 saturated carbocycles. The lowest BCUT2D eigenvalue weighted by atomic mass is 10.4. The monoisotopic (exact) mass is 235 g/mol. The van der Waals surface area contributed by atoms with Crippen molar-refractivity contribution in [1.29, 1.82) is 0 Å². The van der Waals surface area contributed by atoms with Gasteiger partial charge in [0.05, 0.1) is 6.04 Å². The molecule has 2 N–H and O–H groups in total. The lowest BCUT2D eigenvalue weighted by Crippen LogP contribution is -2.42. The fraction of sp³-hybridized carbons (Fsp3) is 0.889. The first-order valence-electron chi connectivity index (χ1n) is 5.12. The molecular formula is C9H15F2N3S. The number of rotatable bonds is 2. The van der Waals surface area contributed by atoms with Gasteiger partial charge in [-0.3, -0.25) is 0 Å². The molecule has 2 atom stereocenters. The van der Waals surface area contributed by atoms with Crippen molar-refractivity contribution in [2.45, 2.75) is 18.9 Å². The van der Waals surface area contributed by atoms with Crippen LogP contribution in [0.25, 0.3) is 0 Å². The molecule has 1 aliphatic carbocycles. The highest BCUT2D eigenvalue weighted by Gasteiger charge is 2.44. The quantitative estimate of drug-likeness (QED) is 0.573. The molecular weight excluding hydrogens is 220 g/mol. The lowest BCUT2D eigenvalue weighted by Gasteiger charge is -2.27. The van der Waals surface area contributed by atoms with Crippen molar-refractivity contribution in [2.24, 2.45) is 16.6 Å². The van der Waals surface area contributed by atoms with Crippen LogP contribution in [0, 0.1) is 5.92 Å².